The van der Waals surface area contributed by atoms with Gasteiger partial charge < -0.3 is 9.47 Å². The highest BCUT2D eigenvalue weighted by molar-refractivity contribution is 6.10. The van der Waals surface area contributed by atoms with Crippen molar-refractivity contribution in [1.82, 2.24) is 4.57 Å². The highest BCUT2D eigenvalue weighted by Crippen LogP contribution is 2.52. The third-order valence-electron chi connectivity index (χ3n) is 13.4. The molecule has 0 saturated carbocycles. The molecule has 0 spiro atoms. The predicted molar refractivity (Wildman–Crippen MR) is 267 cm³/mol. The topological polar surface area (TPSA) is 8.17 Å². The Kier molecular flexibility index (Phi) is 8.55. The minimum absolute atomic E-state index is 0.152. The van der Waals surface area contributed by atoms with E-state index in [1.54, 1.807) is 0 Å². The van der Waals surface area contributed by atoms with Crippen LogP contribution in [-0.2, 0) is 5.41 Å². The Morgan fingerprint density at radius 3 is 1.67 bits per heavy atom. The lowest BCUT2D eigenvalue weighted by molar-refractivity contribution is 0.660. The summed E-state index contributed by atoms with van der Waals surface area (Å²) in [5.41, 5.74) is 19.2. The number of aromatic nitrogens is 1. The van der Waals surface area contributed by atoms with Gasteiger partial charge in [0.1, 0.15) is 0 Å². The third-order valence-corrected chi connectivity index (χ3v) is 13.4. The molecule has 12 rings (SSSR count). The van der Waals surface area contributed by atoms with Crippen LogP contribution in [0.2, 0.25) is 0 Å². The van der Waals surface area contributed by atoms with E-state index in [1.807, 2.05) is 0 Å². The van der Waals surface area contributed by atoms with Crippen LogP contribution < -0.4 is 4.90 Å². The molecular formula is C61H44N2. The maximum atomic E-state index is 2.49. The average molecular weight is 805 g/mol. The molecule has 0 radical (unpaired) electrons. The summed E-state index contributed by atoms with van der Waals surface area (Å²) in [5, 5.41) is 5.00. The first-order valence-corrected chi connectivity index (χ1v) is 21.9. The average Bonchev–Trinajstić information content (AvgIpc) is 3.80. The second-order valence-corrected chi connectivity index (χ2v) is 17.3. The number of rotatable bonds is 7. The molecule has 63 heavy (non-hydrogen) atoms. The number of hydrogen-bond acceptors (Lipinski definition) is 1. The van der Waals surface area contributed by atoms with Gasteiger partial charge in [-0.2, -0.15) is 0 Å². The molecule has 0 bridgehead atoms. The molecule has 1 heterocycles. The van der Waals surface area contributed by atoms with Gasteiger partial charge in [0.05, 0.1) is 22.4 Å². The van der Waals surface area contributed by atoms with Crippen molar-refractivity contribution in [3.05, 3.63) is 242 Å². The smallest absolute Gasteiger partial charge is 0.0546 e. The summed E-state index contributed by atoms with van der Waals surface area (Å²) in [7, 11) is 0. The van der Waals surface area contributed by atoms with E-state index in [2.05, 4.69) is 254 Å². The van der Waals surface area contributed by atoms with E-state index in [-0.39, 0.29) is 5.41 Å². The van der Waals surface area contributed by atoms with Gasteiger partial charge in [-0.25, -0.2) is 0 Å². The Bertz CT molecular complexity index is 3480. The molecule has 0 N–H and O–H groups in total. The zero-order valence-electron chi connectivity index (χ0n) is 35.3. The zero-order chi connectivity index (χ0) is 42.1. The van der Waals surface area contributed by atoms with Crippen LogP contribution >= 0.6 is 0 Å². The number of hydrogen-bond donors (Lipinski definition) is 0. The van der Waals surface area contributed by atoms with Gasteiger partial charge in [-0.1, -0.05) is 196 Å². The molecule has 2 heteroatoms. The van der Waals surface area contributed by atoms with Crippen LogP contribution in [0.1, 0.15) is 25.0 Å². The molecular weight excluding hydrogens is 761 g/mol. The van der Waals surface area contributed by atoms with Gasteiger partial charge in [0.25, 0.3) is 0 Å². The van der Waals surface area contributed by atoms with Crippen molar-refractivity contribution in [2.24, 2.45) is 0 Å². The maximum Gasteiger partial charge on any atom is 0.0546 e. The summed E-state index contributed by atoms with van der Waals surface area (Å²) in [5.74, 6) is 0. The normalized spacial score (nSPS) is 12.7. The quantitative estimate of drug-likeness (QED) is 0.156. The standard InChI is InChI=1S/C61H44N2/c1-61(2)55-27-12-8-23-51(55)52-38-36-46(40-56(52)61)62(60-39-44(33-37-50(60)42-17-4-3-5-18-42)48-26-16-20-41-19-6-7-21-47(41)48)45-34-31-43(32-35-45)49-22-9-13-28-57(49)63-58-29-14-10-24-53(58)54-25-11-15-30-59(54)63/h3-40H,1-2H3. The van der Waals surface area contributed by atoms with Gasteiger partial charge in [-0.3, -0.25) is 0 Å². The van der Waals surface area contributed by atoms with Gasteiger partial charge in [-0.05, 0) is 104 Å². The summed E-state index contributed by atoms with van der Waals surface area (Å²) in [6, 6.07) is 84.8. The van der Waals surface area contributed by atoms with Crippen LogP contribution in [0, 0.1) is 0 Å². The van der Waals surface area contributed by atoms with E-state index in [0.29, 0.717) is 0 Å². The van der Waals surface area contributed by atoms with E-state index in [9.17, 15) is 0 Å². The van der Waals surface area contributed by atoms with E-state index in [0.717, 1.165) is 28.3 Å². The molecule has 11 aromatic rings. The minimum Gasteiger partial charge on any atom is -0.310 e. The Morgan fingerprint density at radius 2 is 0.889 bits per heavy atom. The summed E-state index contributed by atoms with van der Waals surface area (Å²) in [6.07, 6.45) is 0. The lowest BCUT2D eigenvalue weighted by atomic mass is 9.82. The molecule has 0 atom stereocenters. The van der Waals surface area contributed by atoms with E-state index in [1.165, 1.54) is 82.6 Å². The fraction of sp³-hybridized carbons (Fsp3) is 0.0492. The van der Waals surface area contributed by atoms with E-state index >= 15 is 0 Å². The fourth-order valence-corrected chi connectivity index (χ4v) is 10.4. The molecule has 1 aromatic heterocycles. The molecule has 0 aliphatic heterocycles. The third kappa shape index (κ3) is 5.94. The second kappa shape index (κ2) is 14.6. The minimum atomic E-state index is -0.152. The Balaban J connectivity index is 1.07. The van der Waals surface area contributed by atoms with E-state index < -0.39 is 0 Å². The molecule has 0 amide bonds. The van der Waals surface area contributed by atoms with Crippen LogP contribution in [0.5, 0.6) is 0 Å². The van der Waals surface area contributed by atoms with Gasteiger partial charge in [0.2, 0.25) is 0 Å². The van der Waals surface area contributed by atoms with Crippen LogP contribution in [0.15, 0.2) is 231 Å². The van der Waals surface area contributed by atoms with Gasteiger partial charge in [-0.15, -0.1) is 0 Å². The van der Waals surface area contributed by atoms with Crippen molar-refractivity contribution in [2.45, 2.75) is 19.3 Å². The molecule has 1 aliphatic carbocycles. The largest absolute Gasteiger partial charge is 0.310 e. The van der Waals surface area contributed by atoms with Crippen molar-refractivity contribution < 1.29 is 0 Å². The van der Waals surface area contributed by atoms with Crippen molar-refractivity contribution in [3.63, 3.8) is 0 Å². The highest BCUT2D eigenvalue weighted by Gasteiger charge is 2.36. The van der Waals surface area contributed by atoms with Crippen molar-refractivity contribution in [3.8, 4) is 50.2 Å². The van der Waals surface area contributed by atoms with Gasteiger partial charge in [0.15, 0.2) is 0 Å². The molecule has 298 valence electrons. The predicted octanol–water partition coefficient (Wildman–Crippen LogP) is 16.7. The highest BCUT2D eigenvalue weighted by atomic mass is 15.1. The number of nitrogens with zero attached hydrogens (tertiary/aromatic N) is 2. The maximum absolute atomic E-state index is 2.49. The molecule has 0 unspecified atom stereocenters. The molecule has 2 nitrogen and oxygen atoms in total. The summed E-state index contributed by atoms with van der Waals surface area (Å²) in [4.78, 5) is 2.49. The first-order chi connectivity index (χ1) is 31.0. The Hall–Kier alpha value is -7.94. The molecule has 10 aromatic carbocycles. The van der Waals surface area contributed by atoms with Crippen LogP contribution in [0.25, 0.3) is 82.8 Å². The number of fused-ring (bicyclic) bond motifs is 7. The molecule has 0 fully saturated rings. The lowest BCUT2D eigenvalue weighted by Gasteiger charge is -2.30. The van der Waals surface area contributed by atoms with Crippen LogP contribution in [0.4, 0.5) is 17.1 Å². The monoisotopic (exact) mass is 804 g/mol. The van der Waals surface area contributed by atoms with Crippen LogP contribution in [-0.4, -0.2) is 4.57 Å². The Labute approximate surface area is 368 Å². The van der Waals surface area contributed by atoms with Crippen molar-refractivity contribution in [1.29, 1.82) is 0 Å². The first kappa shape index (κ1) is 36.9. The van der Waals surface area contributed by atoms with Gasteiger partial charge >= 0.3 is 0 Å². The van der Waals surface area contributed by atoms with Crippen molar-refractivity contribution in [2.75, 3.05) is 4.90 Å². The van der Waals surface area contributed by atoms with Crippen LogP contribution in [0.3, 0.4) is 0 Å². The molecule has 1 aliphatic rings. The fourth-order valence-electron chi connectivity index (χ4n) is 10.4. The molecule has 0 saturated heterocycles. The Morgan fingerprint density at radius 1 is 0.349 bits per heavy atom. The number of para-hydroxylation sites is 3. The first-order valence-electron chi connectivity index (χ1n) is 21.9. The summed E-state index contributed by atoms with van der Waals surface area (Å²) >= 11 is 0. The summed E-state index contributed by atoms with van der Waals surface area (Å²) in [6.45, 7) is 4.73. The second-order valence-electron chi connectivity index (χ2n) is 17.3. The van der Waals surface area contributed by atoms with E-state index in [4.69, 9.17) is 0 Å². The van der Waals surface area contributed by atoms with Gasteiger partial charge in [0, 0.05) is 38.7 Å². The lowest BCUT2D eigenvalue weighted by Crippen LogP contribution is -2.17. The summed E-state index contributed by atoms with van der Waals surface area (Å²) < 4.78 is 2.43. The number of anilines is 3. The SMILES string of the molecule is CC1(C)c2ccccc2-c2ccc(N(c3ccc(-c4ccccc4-n4c5ccccc5c5ccccc54)cc3)c3cc(-c4cccc5ccccc45)ccc3-c3ccccc3)cc21. The zero-order valence-corrected chi connectivity index (χ0v) is 35.3. The van der Waals surface area contributed by atoms with Crippen molar-refractivity contribution >= 4 is 49.6 Å². The number of benzene rings is 10.